The zero-order valence-corrected chi connectivity index (χ0v) is 11.8. The van der Waals surface area contributed by atoms with Crippen LogP contribution in [0.3, 0.4) is 0 Å². The maximum atomic E-state index is 13.7. The first kappa shape index (κ1) is 14.4. The summed E-state index contributed by atoms with van der Waals surface area (Å²) in [6.07, 6.45) is 5.10. The van der Waals surface area contributed by atoms with Crippen molar-refractivity contribution in [3.05, 3.63) is 34.9 Å². The third-order valence-corrected chi connectivity index (χ3v) is 4.27. The first-order chi connectivity index (χ1) is 9.10. The summed E-state index contributed by atoms with van der Waals surface area (Å²) in [6, 6.07) is 3.10. The van der Waals surface area contributed by atoms with E-state index in [0.717, 1.165) is 25.3 Å². The second-order valence-corrected chi connectivity index (χ2v) is 5.68. The molecule has 0 aliphatic carbocycles. The van der Waals surface area contributed by atoms with E-state index in [2.05, 4.69) is 12.2 Å². The molecule has 1 aromatic carbocycles. The van der Waals surface area contributed by atoms with Gasteiger partial charge in [-0.1, -0.05) is 13.3 Å². The first-order valence-corrected chi connectivity index (χ1v) is 7.28. The number of rotatable bonds is 4. The molecule has 0 saturated carbocycles. The van der Waals surface area contributed by atoms with Gasteiger partial charge in [-0.05, 0) is 68.3 Å². The quantitative estimate of drug-likeness (QED) is 0.870. The van der Waals surface area contributed by atoms with Crippen molar-refractivity contribution < 1.29 is 8.78 Å². The number of benzene rings is 1. The molecule has 1 aliphatic heterocycles. The van der Waals surface area contributed by atoms with Crippen molar-refractivity contribution in [2.45, 2.75) is 52.0 Å². The van der Waals surface area contributed by atoms with Gasteiger partial charge in [0.1, 0.15) is 11.6 Å². The molecule has 1 aromatic rings. The minimum atomic E-state index is -0.306. The fourth-order valence-electron chi connectivity index (χ4n) is 2.89. The molecule has 2 rings (SSSR count). The van der Waals surface area contributed by atoms with Crippen molar-refractivity contribution in [3.63, 3.8) is 0 Å². The molecule has 0 aromatic heterocycles. The molecular weight excluding hydrogens is 244 g/mol. The molecule has 2 atom stereocenters. The lowest BCUT2D eigenvalue weighted by molar-refractivity contribution is 0.284. The predicted octanol–water partition coefficient (Wildman–Crippen LogP) is 3.98. The molecule has 1 nitrogen and oxygen atoms in total. The van der Waals surface area contributed by atoms with Crippen LogP contribution in [0, 0.1) is 24.5 Å². The monoisotopic (exact) mass is 267 g/mol. The summed E-state index contributed by atoms with van der Waals surface area (Å²) in [5, 5.41) is 3.48. The molecule has 3 heteroatoms. The van der Waals surface area contributed by atoms with E-state index >= 15 is 0 Å². The zero-order valence-electron chi connectivity index (χ0n) is 11.8. The molecule has 1 saturated heterocycles. The van der Waals surface area contributed by atoms with E-state index in [9.17, 15) is 8.78 Å². The van der Waals surface area contributed by atoms with E-state index in [1.54, 1.807) is 6.92 Å². The number of piperidine rings is 1. The van der Waals surface area contributed by atoms with Gasteiger partial charge in [-0.3, -0.25) is 0 Å². The lowest BCUT2D eigenvalue weighted by Crippen LogP contribution is -2.38. The minimum Gasteiger partial charge on any atom is -0.314 e. The SMILES string of the molecule is CCC1CCNC(CCc2cc(F)c(C)cc2F)C1. The molecule has 1 fully saturated rings. The van der Waals surface area contributed by atoms with Crippen LogP contribution in [-0.4, -0.2) is 12.6 Å². The van der Waals surface area contributed by atoms with Crippen LogP contribution in [0.5, 0.6) is 0 Å². The Morgan fingerprint density at radius 1 is 1.26 bits per heavy atom. The van der Waals surface area contributed by atoms with Crippen molar-refractivity contribution in [2.75, 3.05) is 6.54 Å². The van der Waals surface area contributed by atoms with Crippen LogP contribution in [0.1, 0.15) is 43.7 Å². The number of aryl methyl sites for hydroxylation is 2. The van der Waals surface area contributed by atoms with Gasteiger partial charge in [0, 0.05) is 6.04 Å². The highest BCUT2D eigenvalue weighted by Gasteiger charge is 2.20. The first-order valence-electron chi connectivity index (χ1n) is 7.28. The number of hydrogen-bond acceptors (Lipinski definition) is 1. The van der Waals surface area contributed by atoms with Crippen LogP contribution in [0.4, 0.5) is 8.78 Å². The van der Waals surface area contributed by atoms with Crippen molar-refractivity contribution in [2.24, 2.45) is 5.92 Å². The van der Waals surface area contributed by atoms with Crippen molar-refractivity contribution in [1.29, 1.82) is 0 Å². The number of halogens is 2. The Morgan fingerprint density at radius 2 is 2.05 bits per heavy atom. The average molecular weight is 267 g/mol. The molecule has 0 radical (unpaired) electrons. The molecule has 1 N–H and O–H groups in total. The Hall–Kier alpha value is -0.960. The summed E-state index contributed by atoms with van der Waals surface area (Å²) in [6.45, 7) is 4.87. The van der Waals surface area contributed by atoms with Crippen molar-refractivity contribution >= 4 is 0 Å². The molecule has 0 bridgehead atoms. The van der Waals surface area contributed by atoms with Crippen molar-refractivity contribution in [1.82, 2.24) is 5.32 Å². The molecule has 0 amide bonds. The maximum absolute atomic E-state index is 13.7. The van der Waals surface area contributed by atoms with Crippen LogP contribution in [0.2, 0.25) is 0 Å². The van der Waals surface area contributed by atoms with Crippen molar-refractivity contribution in [3.8, 4) is 0 Å². The Balaban J connectivity index is 1.93. The van der Waals surface area contributed by atoms with Gasteiger partial charge in [-0.25, -0.2) is 8.78 Å². The molecule has 1 heterocycles. The number of hydrogen-bond donors (Lipinski definition) is 1. The molecule has 106 valence electrons. The third-order valence-electron chi connectivity index (χ3n) is 4.27. The summed E-state index contributed by atoms with van der Waals surface area (Å²) in [5.74, 6) is 0.201. The molecular formula is C16H23F2N. The van der Waals surface area contributed by atoms with Gasteiger partial charge in [0.05, 0.1) is 0 Å². The van der Waals surface area contributed by atoms with Crippen LogP contribution in [-0.2, 0) is 6.42 Å². The van der Waals surface area contributed by atoms with Gasteiger partial charge in [0.2, 0.25) is 0 Å². The van der Waals surface area contributed by atoms with E-state index < -0.39 is 0 Å². The average Bonchev–Trinajstić information content (AvgIpc) is 2.41. The zero-order chi connectivity index (χ0) is 13.8. The molecule has 0 spiro atoms. The summed E-state index contributed by atoms with van der Waals surface area (Å²) in [7, 11) is 0. The fraction of sp³-hybridized carbons (Fsp3) is 0.625. The van der Waals surface area contributed by atoms with Crippen LogP contribution in [0.25, 0.3) is 0 Å². The van der Waals surface area contributed by atoms with Gasteiger partial charge in [-0.2, -0.15) is 0 Å². The van der Waals surface area contributed by atoms with E-state index in [1.807, 2.05) is 0 Å². The Morgan fingerprint density at radius 3 is 2.79 bits per heavy atom. The van der Waals surface area contributed by atoms with E-state index in [4.69, 9.17) is 0 Å². The van der Waals surface area contributed by atoms with Gasteiger partial charge in [0.15, 0.2) is 0 Å². The highest BCUT2D eigenvalue weighted by Crippen LogP contribution is 2.23. The van der Waals surface area contributed by atoms with Crippen LogP contribution >= 0.6 is 0 Å². The predicted molar refractivity (Wildman–Crippen MR) is 74.2 cm³/mol. The molecule has 2 unspecified atom stereocenters. The summed E-state index contributed by atoms with van der Waals surface area (Å²) in [4.78, 5) is 0. The second kappa shape index (κ2) is 6.47. The van der Waals surface area contributed by atoms with Gasteiger partial charge >= 0.3 is 0 Å². The van der Waals surface area contributed by atoms with Gasteiger partial charge < -0.3 is 5.32 Å². The highest BCUT2D eigenvalue weighted by atomic mass is 19.1. The molecule has 1 aliphatic rings. The summed E-state index contributed by atoms with van der Waals surface area (Å²) >= 11 is 0. The largest absolute Gasteiger partial charge is 0.314 e. The van der Waals surface area contributed by atoms with E-state index in [-0.39, 0.29) is 11.6 Å². The highest BCUT2D eigenvalue weighted by molar-refractivity contribution is 5.25. The smallest absolute Gasteiger partial charge is 0.126 e. The Labute approximate surface area is 114 Å². The fourth-order valence-corrected chi connectivity index (χ4v) is 2.89. The number of nitrogens with one attached hydrogen (secondary N) is 1. The van der Waals surface area contributed by atoms with Gasteiger partial charge in [0.25, 0.3) is 0 Å². The third kappa shape index (κ3) is 3.75. The lowest BCUT2D eigenvalue weighted by atomic mass is 9.88. The maximum Gasteiger partial charge on any atom is 0.126 e. The summed E-state index contributed by atoms with van der Waals surface area (Å²) in [5.41, 5.74) is 0.881. The normalized spacial score (nSPS) is 23.6. The topological polar surface area (TPSA) is 12.0 Å². The molecule has 19 heavy (non-hydrogen) atoms. The van der Waals surface area contributed by atoms with E-state index in [1.165, 1.54) is 25.0 Å². The lowest BCUT2D eigenvalue weighted by Gasteiger charge is -2.29. The standard InChI is InChI=1S/C16H23F2N/c1-3-12-6-7-19-14(9-12)5-4-13-10-15(17)11(2)8-16(13)18/h8,10,12,14,19H,3-7,9H2,1-2H3. The van der Waals surface area contributed by atoms with Crippen LogP contribution < -0.4 is 5.32 Å². The van der Waals surface area contributed by atoms with E-state index in [0.29, 0.717) is 23.6 Å². The van der Waals surface area contributed by atoms with Gasteiger partial charge in [-0.15, -0.1) is 0 Å². The van der Waals surface area contributed by atoms with Crippen LogP contribution in [0.15, 0.2) is 12.1 Å². The Kier molecular flexibility index (Phi) is 4.92. The second-order valence-electron chi connectivity index (χ2n) is 5.68. The summed E-state index contributed by atoms with van der Waals surface area (Å²) < 4.78 is 27.2. The minimum absolute atomic E-state index is 0.276. The Bertz CT molecular complexity index is 431.